The van der Waals surface area contributed by atoms with Gasteiger partial charge in [-0.25, -0.2) is 4.98 Å². The summed E-state index contributed by atoms with van der Waals surface area (Å²) in [5, 5.41) is 10.6. The molecule has 0 saturated carbocycles. The summed E-state index contributed by atoms with van der Waals surface area (Å²) in [6, 6.07) is 8.03. The quantitative estimate of drug-likeness (QED) is 0.878. The molecule has 90 valence electrons. The molecule has 1 N–H and O–H groups in total. The lowest BCUT2D eigenvalue weighted by Gasteiger charge is -2.23. The molecule has 0 aliphatic carbocycles. The number of hydrogen-bond acceptors (Lipinski definition) is 2. The van der Waals surface area contributed by atoms with Crippen molar-refractivity contribution in [3.05, 3.63) is 53.6 Å². The van der Waals surface area contributed by atoms with Gasteiger partial charge in [-0.15, -0.1) is 0 Å². The number of aliphatic hydroxyl groups is 1. The molecule has 3 heteroatoms. The van der Waals surface area contributed by atoms with Crippen LogP contribution in [0.1, 0.15) is 30.8 Å². The molecular weight excluding hydrogens is 212 g/mol. The smallest absolute Gasteiger partial charge is 0.144 e. The van der Waals surface area contributed by atoms with Gasteiger partial charge in [0.2, 0.25) is 0 Å². The Hall–Kier alpha value is -1.61. The number of aryl methyl sites for hydroxylation is 2. The summed E-state index contributed by atoms with van der Waals surface area (Å²) in [7, 11) is 1.89. The first-order valence-electron chi connectivity index (χ1n) is 5.85. The van der Waals surface area contributed by atoms with Crippen LogP contribution in [0.3, 0.4) is 0 Å². The van der Waals surface area contributed by atoms with Crippen molar-refractivity contribution in [3.8, 4) is 0 Å². The van der Waals surface area contributed by atoms with Crippen molar-refractivity contribution in [3.63, 3.8) is 0 Å². The van der Waals surface area contributed by atoms with E-state index in [9.17, 15) is 5.11 Å². The van der Waals surface area contributed by atoms with Crippen LogP contribution in [0.15, 0.2) is 36.7 Å². The molecule has 0 bridgehead atoms. The number of imidazole rings is 1. The lowest BCUT2D eigenvalue weighted by molar-refractivity contribution is 0.0892. The van der Waals surface area contributed by atoms with Gasteiger partial charge in [-0.3, -0.25) is 0 Å². The van der Waals surface area contributed by atoms with Crippen LogP contribution in [0.2, 0.25) is 0 Å². The van der Waals surface area contributed by atoms with E-state index in [1.165, 1.54) is 5.56 Å². The van der Waals surface area contributed by atoms with Crippen molar-refractivity contribution in [1.29, 1.82) is 0 Å². The van der Waals surface area contributed by atoms with E-state index in [2.05, 4.69) is 11.9 Å². The molecule has 0 amide bonds. The summed E-state index contributed by atoms with van der Waals surface area (Å²) in [5.41, 5.74) is 1.08. The summed E-state index contributed by atoms with van der Waals surface area (Å²) in [5.74, 6) is 0.654. The fraction of sp³-hybridized carbons (Fsp3) is 0.357. The van der Waals surface area contributed by atoms with Gasteiger partial charge >= 0.3 is 0 Å². The van der Waals surface area contributed by atoms with Crippen molar-refractivity contribution < 1.29 is 5.11 Å². The first kappa shape index (κ1) is 11.9. The van der Waals surface area contributed by atoms with E-state index < -0.39 is 5.60 Å². The lowest BCUT2D eigenvalue weighted by Crippen LogP contribution is -2.26. The van der Waals surface area contributed by atoms with E-state index >= 15 is 0 Å². The Morgan fingerprint density at radius 1 is 1.29 bits per heavy atom. The van der Waals surface area contributed by atoms with E-state index in [0.717, 1.165) is 12.0 Å². The maximum Gasteiger partial charge on any atom is 0.144 e. The Labute approximate surface area is 102 Å². The molecule has 1 aromatic heterocycles. The van der Waals surface area contributed by atoms with Gasteiger partial charge in [0.1, 0.15) is 11.4 Å². The number of nitrogens with zero attached hydrogens (tertiary/aromatic N) is 2. The van der Waals surface area contributed by atoms with Gasteiger partial charge in [0, 0.05) is 19.4 Å². The molecule has 2 aromatic rings. The highest BCUT2D eigenvalue weighted by Crippen LogP contribution is 2.27. The van der Waals surface area contributed by atoms with E-state index in [4.69, 9.17) is 0 Å². The predicted molar refractivity (Wildman–Crippen MR) is 67.7 cm³/mol. The van der Waals surface area contributed by atoms with E-state index in [-0.39, 0.29) is 0 Å². The second-order valence-electron chi connectivity index (χ2n) is 4.48. The third kappa shape index (κ3) is 2.11. The normalized spacial score (nSPS) is 14.6. The molecule has 0 spiro atoms. The van der Waals surface area contributed by atoms with Gasteiger partial charge in [0.15, 0.2) is 0 Å². The van der Waals surface area contributed by atoms with Gasteiger partial charge < -0.3 is 9.67 Å². The summed E-state index contributed by atoms with van der Waals surface area (Å²) in [4.78, 5) is 4.22. The molecule has 3 nitrogen and oxygen atoms in total. The monoisotopic (exact) mass is 230 g/mol. The Bertz CT molecular complexity index is 497. The Morgan fingerprint density at radius 3 is 2.41 bits per heavy atom. The molecule has 1 unspecified atom stereocenters. The largest absolute Gasteiger partial charge is 0.377 e. The van der Waals surface area contributed by atoms with E-state index in [1.54, 1.807) is 13.1 Å². The van der Waals surface area contributed by atoms with Gasteiger partial charge in [0.25, 0.3) is 0 Å². The highest BCUT2D eigenvalue weighted by atomic mass is 16.3. The molecule has 0 aliphatic heterocycles. The molecule has 1 aromatic carbocycles. The standard InChI is InChI=1S/C14H18N2O/c1-4-11-5-7-12(8-6-11)14(2,17)13-15-9-10-16(13)3/h5-10,17H,4H2,1-3H3. The zero-order valence-corrected chi connectivity index (χ0v) is 10.5. The van der Waals surface area contributed by atoms with Crippen molar-refractivity contribution in [1.82, 2.24) is 9.55 Å². The molecule has 0 fully saturated rings. The second-order valence-corrected chi connectivity index (χ2v) is 4.48. The maximum atomic E-state index is 10.6. The van der Waals surface area contributed by atoms with Crippen molar-refractivity contribution >= 4 is 0 Å². The zero-order chi connectivity index (χ0) is 12.5. The highest BCUT2D eigenvalue weighted by molar-refractivity contribution is 5.31. The van der Waals surface area contributed by atoms with Crippen LogP contribution in [-0.4, -0.2) is 14.7 Å². The highest BCUT2D eigenvalue weighted by Gasteiger charge is 2.29. The second kappa shape index (κ2) is 4.34. The van der Waals surface area contributed by atoms with Crippen LogP contribution < -0.4 is 0 Å². The van der Waals surface area contributed by atoms with E-state index in [1.807, 2.05) is 42.1 Å². The lowest BCUT2D eigenvalue weighted by atomic mass is 9.94. The van der Waals surface area contributed by atoms with Crippen molar-refractivity contribution in [2.75, 3.05) is 0 Å². The fourth-order valence-electron chi connectivity index (χ4n) is 2.03. The van der Waals surface area contributed by atoms with E-state index in [0.29, 0.717) is 5.82 Å². The molecule has 1 atom stereocenters. The molecule has 2 rings (SSSR count). The van der Waals surface area contributed by atoms with Gasteiger partial charge in [-0.1, -0.05) is 31.2 Å². The number of aromatic nitrogens is 2. The molecule has 17 heavy (non-hydrogen) atoms. The maximum absolute atomic E-state index is 10.6. The topological polar surface area (TPSA) is 38.1 Å². The number of hydrogen-bond donors (Lipinski definition) is 1. The molecule has 0 aliphatic rings. The average molecular weight is 230 g/mol. The minimum absolute atomic E-state index is 0.654. The van der Waals surface area contributed by atoms with Crippen LogP contribution in [0.25, 0.3) is 0 Å². The van der Waals surface area contributed by atoms with Crippen LogP contribution in [0.5, 0.6) is 0 Å². The van der Waals surface area contributed by atoms with Gasteiger partial charge in [0.05, 0.1) is 0 Å². The van der Waals surface area contributed by atoms with Crippen LogP contribution in [0, 0.1) is 0 Å². The summed E-state index contributed by atoms with van der Waals surface area (Å²) >= 11 is 0. The molecule has 1 heterocycles. The predicted octanol–water partition coefficient (Wildman–Crippen LogP) is 2.24. The first-order valence-corrected chi connectivity index (χ1v) is 5.85. The first-order chi connectivity index (χ1) is 8.05. The molecular formula is C14H18N2O. The van der Waals surface area contributed by atoms with Crippen molar-refractivity contribution in [2.45, 2.75) is 25.9 Å². The fourth-order valence-corrected chi connectivity index (χ4v) is 2.03. The molecule has 0 radical (unpaired) electrons. The Balaban J connectivity index is 2.40. The van der Waals surface area contributed by atoms with Crippen LogP contribution in [0.4, 0.5) is 0 Å². The average Bonchev–Trinajstić information content (AvgIpc) is 2.76. The Morgan fingerprint density at radius 2 is 1.94 bits per heavy atom. The summed E-state index contributed by atoms with van der Waals surface area (Å²) in [6.45, 7) is 3.89. The SMILES string of the molecule is CCc1ccc(C(C)(O)c2nccn2C)cc1. The minimum Gasteiger partial charge on any atom is -0.377 e. The Kier molecular flexibility index (Phi) is 3.03. The third-order valence-electron chi connectivity index (χ3n) is 3.18. The van der Waals surface area contributed by atoms with Crippen LogP contribution >= 0.6 is 0 Å². The summed E-state index contributed by atoms with van der Waals surface area (Å²) in [6.07, 6.45) is 4.54. The zero-order valence-electron chi connectivity index (χ0n) is 10.5. The third-order valence-corrected chi connectivity index (χ3v) is 3.18. The summed E-state index contributed by atoms with van der Waals surface area (Å²) < 4.78 is 1.84. The van der Waals surface area contributed by atoms with Crippen LogP contribution in [-0.2, 0) is 19.1 Å². The molecule has 0 saturated heterocycles. The minimum atomic E-state index is -1.05. The number of rotatable bonds is 3. The number of benzene rings is 1. The van der Waals surface area contributed by atoms with Crippen molar-refractivity contribution in [2.24, 2.45) is 7.05 Å². The van der Waals surface area contributed by atoms with Gasteiger partial charge in [-0.05, 0) is 24.5 Å². The van der Waals surface area contributed by atoms with Gasteiger partial charge in [-0.2, -0.15) is 0 Å².